The molecule has 0 aromatic carbocycles. The molecule has 0 bridgehead atoms. The standard InChI is InChI=1S/C16H20ClN5O/c1-11-8-13(23-20-11)10-21-4-6-22(7-5-21)15-9-14(17)18-16(19-15)12-2-3-12/h8-9,12H,2-7,10H2,1H3. The smallest absolute Gasteiger partial charge is 0.150 e. The molecule has 122 valence electrons. The van der Waals surface area contributed by atoms with Crippen LogP contribution in [0.15, 0.2) is 16.7 Å². The largest absolute Gasteiger partial charge is 0.360 e. The van der Waals surface area contributed by atoms with Gasteiger partial charge in [0.05, 0.1) is 12.2 Å². The summed E-state index contributed by atoms with van der Waals surface area (Å²) in [4.78, 5) is 13.7. The van der Waals surface area contributed by atoms with E-state index in [1.165, 1.54) is 12.8 Å². The monoisotopic (exact) mass is 333 g/mol. The normalized spacial score (nSPS) is 19.3. The number of hydrogen-bond donors (Lipinski definition) is 0. The van der Waals surface area contributed by atoms with Crippen molar-refractivity contribution in [3.05, 3.63) is 34.6 Å². The fourth-order valence-corrected chi connectivity index (χ4v) is 3.14. The van der Waals surface area contributed by atoms with Crippen LogP contribution in [0.1, 0.15) is 36.0 Å². The van der Waals surface area contributed by atoms with Crippen molar-refractivity contribution in [3.63, 3.8) is 0 Å². The zero-order chi connectivity index (χ0) is 15.8. The van der Waals surface area contributed by atoms with E-state index in [0.29, 0.717) is 11.1 Å². The van der Waals surface area contributed by atoms with Crippen molar-refractivity contribution < 1.29 is 4.52 Å². The van der Waals surface area contributed by atoms with Gasteiger partial charge in [0.2, 0.25) is 0 Å². The van der Waals surface area contributed by atoms with Gasteiger partial charge >= 0.3 is 0 Å². The molecule has 7 heteroatoms. The maximum atomic E-state index is 6.17. The molecule has 1 aliphatic carbocycles. The highest BCUT2D eigenvalue weighted by Crippen LogP contribution is 2.39. The number of nitrogens with zero attached hydrogens (tertiary/aromatic N) is 5. The summed E-state index contributed by atoms with van der Waals surface area (Å²) in [7, 11) is 0. The van der Waals surface area contributed by atoms with Gasteiger partial charge in [0.25, 0.3) is 0 Å². The van der Waals surface area contributed by atoms with Crippen molar-refractivity contribution in [2.45, 2.75) is 32.2 Å². The molecule has 0 atom stereocenters. The van der Waals surface area contributed by atoms with E-state index in [1.807, 2.05) is 19.1 Å². The van der Waals surface area contributed by atoms with Crippen molar-refractivity contribution in [3.8, 4) is 0 Å². The molecule has 3 heterocycles. The Balaban J connectivity index is 1.39. The summed E-state index contributed by atoms with van der Waals surface area (Å²) in [5.74, 6) is 3.31. The van der Waals surface area contributed by atoms with Gasteiger partial charge in [-0.15, -0.1) is 0 Å². The van der Waals surface area contributed by atoms with E-state index in [9.17, 15) is 0 Å². The molecule has 2 aliphatic rings. The van der Waals surface area contributed by atoms with Gasteiger partial charge in [-0.2, -0.15) is 0 Å². The average Bonchev–Trinajstić information content (AvgIpc) is 3.31. The third kappa shape index (κ3) is 3.48. The maximum absolute atomic E-state index is 6.17. The first-order valence-corrected chi connectivity index (χ1v) is 8.49. The molecule has 0 spiro atoms. The summed E-state index contributed by atoms with van der Waals surface area (Å²) >= 11 is 6.17. The second-order valence-electron chi connectivity index (χ2n) is 6.38. The van der Waals surface area contributed by atoms with E-state index in [0.717, 1.165) is 55.8 Å². The molecule has 1 aliphatic heterocycles. The van der Waals surface area contributed by atoms with E-state index in [2.05, 4.69) is 19.9 Å². The van der Waals surface area contributed by atoms with Gasteiger partial charge in [-0.3, -0.25) is 4.90 Å². The fraction of sp³-hybridized carbons (Fsp3) is 0.562. The summed E-state index contributed by atoms with van der Waals surface area (Å²) in [6.45, 7) is 6.57. The highest BCUT2D eigenvalue weighted by molar-refractivity contribution is 6.29. The number of piperazine rings is 1. The van der Waals surface area contributed by atoms with E-state index in [4.69, 9.17) is 21.1 Å². The lowest BCUT2D eigenvalue weighted by atomic mass is 10.2. The summed E-state index contributed by atoms with van der Waals surface area (Å²) < 4.78 is 5.30. The minimum Gasteiger partial charge on any atom is -0.360 e. The molecule has 1 saturated heterocycles. The molecule has 1 saturated carbocycles. The Labute approximate surface area is 140 Å². The lowest BCUT2D eigenvalue weighted by Gasteiger charge is -2.35. The maximum Gasteiger partial charge on any atom is 0.150 e. The first-order chi connectivity index (χ1) is 11.2. The molecule has 4 rings (SSSR count). The van der Waals surface area contributed by atoms with Gasteiger partial charge in [0, 0.05) is 44.2 Å². The van der Waals surface area contributed by atoms with Crippen molar-refractivity contribution >= 4 is 17.4 Å². The second kappa shape index (κ2) is 6.09. The molecule has 0 radical (unpaired) electrons. The predicted molar refractivity (Wildman–Crippen MR) is 87.7 cm³/mol. The predicted octanol–water partition coefficient (Wildman–Crippen LogP) is 2.63. The molecule has 0 amide bonds. The topological polar surface area (TPSA) is 58.3 Å². The Kier molecular flexibility index (Phi) is 3.95. The molecular weight excluding hydrogens is 314 g/mol. The Bertz CT molecular complexity index is 692. The van der Waals surface area contributed by atoms with E-state index >= 15 is 0 Å². The molecule has 6 nitrogen and oxygen atoms in total. The van der Waals surface area contributed by atoms with Gasteiger partial charge in [-0.25, -0.2) is 9.97 Å². The number of aromatic nitrogens is 3. The van der Waals surface area contributed by atoms with Crippen molar-refractivity contribution in [1.82, 2.24) is 20.0 Å². The minimum atomic E-state index is 0.517. The van der Waals surface area contributed by atoms with Crippen LogP contribution in [0.4, 0.5) is 5.82 Å². The van der Waals surface area contributed by atoms with Crippen LogP contribution in [-0.2, 0) is 6.54 Å². The van der Waals surface area contributed by atoms with Gasteiger partial charge in [-0.05, 0) is 19.8 Å². The van der Waals surface area contributed by atoms with E-state index in [1.54, 1.807) is 0 Å². The van der Waals surface area contributed by atoms with Gasteiger partial charge < -0.3 is 9.42 Å². The third-order valence-corrected chi connectivity index (χ3v) is 4.59. The van der Waals surface area contributed by atoms with Crippen LogP contribution in [0.5, 0.6) is 0 Å². The first-order valence-electron chi connectivity index (χ1n) is 8.11. The molecule has 0 unspecified atom stereocenters. The van der Waals surface area contributed by atoms with Crippen LogP contribution in [0, 0.1) is 6.92 Å². The van der Waals surface area contributed by atoms with Crippen LogP contribution in [0.25, 0.3) is 0 Å². The zero-order valence-electron chi connectivity index (χ0n) is 13.2. The van der Waals surface area contributed by atoms with E-state index in [-0.39, 0.29) is 0 Å². The van der Waals surface area contributed by atoms with Crippen LogP contribution >= 0.6 is 11.6 Å². The number of halogens is 1. The van der Waals surface area contributed by atoms with E-state index < -0.39 is 0 Å². The summed E-state index contributed by atoms with van der Waals surface area (Å²) in [6.07, 6.45) is 2.37. The van der Waals surface area contributed by atoms with Crippen molar-refractivity contribution in [1.29, 1.82) is 0 Å². The number of rotatable bonds is 4. The molecule has 0 N–H and O–H groups in total. The Morgan fingerprint density at radius 2 is 1.96 bits per heavy atom. The summed E-state index contributed by atoms with van der Waals surface area (Å²) in [6, 6.07) is 3.88. The van der Waals surface area contributed by atoms with Crippen LogP contribution < -0.4 is 4.90 Å². The second-order valence-corrected chi connectivity index (χ2v) is 6.77. The average molecular weight is 334 g/mol. The van der Waals surface area contributed by atoms with Gasteiger partial charge in [-0.1, -0.05) is 16.8 Å². The molecule has 23 heavy (non-hydrogen) atoms. The molecule has 2 fully saturated rings. The lowest BCUT2D eigenvalue weighted by molar-refractivity contribution is 0.219. The van der Waals surface area contributed by atoms with Crippen molar-refractivity contribution in [2.24, 2.45) is 0 Å². The van der Waals surface area contributed by atoms with Crippen LogP contribution in [0.2, 0.25) is 5.15 Å². The molecular formula is C16H20ClN5O. The fourth-order valence-electron chi connectivity index (χ4n) is 2.96. The van der Waals surface area contributed by atoms with Gasteiger partial charge in [0.1, 0.15) is 16.8 Å². The molecule has 2 aromatic rings. The Morgan fingerprint density at radius 1 is 1.17 bits per heavy atom. The quantitative estimate of drug-likeness (QED) is 0.802. The van der Waals surface area contributed by atoms with Crippen molar-refractivity contribution in [2.75, 3.05) is 31.1 Å². The number of anilines is 1. The Morgan fingerprint density at radius 3 is 2.61 bits per heavy atom. The summed E-state index contributed by atoms with van der Waals surface area (Å²) in [5, 5.41) is 4.50. The summed E-state index contributed by atoms with van der Waals surface area (Å²) in [5.41, 5.74) is 0.932. The SMILES string of the molecule is Cc1cc(CN2CCN(c3cc(Cl)nc(C4CC4)n3)CC2)on1. The highest BCUT2D eigenvalue weighted by atomic mass is 35.5. The van der Waals surface area contributed by atoms with Crippen LogP contribution in [0.3, 0.4) is 0 Å². The molecule has 2 aromatic heterocycles. The number of aryl methyl sites for hydroxylation is 1. The first kappa shape index (κ1) is 14.9. The number of hydrogen-bond acceptors (Lipinski definition) is 6. The van der Waals surface area contributed by atoms with Gasteiger partial charge in [0.15, 0.2) is 5.76 Å². The Hall–Kier alpha value is -1.66. The highest BCUT2D eigenvalue weighted by Gasteiger charge is 2.28. The van der Waals surface area contributed by atoms with Crippen LogP contribution in [-0.4, -0.2) is 46.2 Å². The minimum absolute atomic E-state index is 0.517. The lowest BCUT2D eigenvalue weighted by Crippen LogP contribution is -2.46. The third-order valence-electron chi connectivity index (χ3n) is 4.39. The zero-order valence-corrected chi connectivity index (χ0v) is 14.0.